The van der Waals surface area contributed by atoms with Gasteiger partial charge in [-0.1, -0.05) is 6.07 Å². The molecule has 2 N–H and O–H groups in total. The molecule has 2 bridgehead atoms. The van der Waals surface area contributed by atoms with E-state index in [1.165, 1.54) is 25.0 Å². The molecule has 6 aliphatic rings. The zero-order valence-electron chi connectivity index (χ0n) is 20.9. The molecule has 8 heteroatoms. The largest absolute Gasteiger partial charge is 0.504 e. The molecule has 4 atom stereocenters. The number of fused-ring (bicyclic) bond motifs is 4. The predicted octanol–water partition coefficient (Wildman–Crippen LogP) is 5.01. The fourth-order valence-corrected chi connectivity index (χ4v) is 9.09. The number of hydrogen-bond donors (Lipinski definition) is 2. The summed E-state index contributed by atoms with van der Waals surface area (Å²) in [6.07, 6.45) is 0.459. The van der Waals surface area contributed by atoms with Gasteiger partial charge in [-0.25, -0.2) is 0 Å². The van der Waals surface area contributed by atoms with Crippen LogP contribution in [0.15, 0.2) is 24.3 Å². The van der Waals surface area contributed by atoms with Crippen LogP contribution in [0.4, 0.5) is 13.2 Å². The molecule has 3 aromatic rings. The van der Waals surface area contributed by atoms with Gasteiger partial charge in [0.25, 0.3) is 0 Å². The van der Waals surface area contributed by atoms with Gasteiger partial charge in [-0.3, -0.25) is 4.90 Å². The Labute approximate surface area is 217 Å². The van der Waals surface area contributed by atoms with Crippen LogP contribution in [0.2, 0.25) is 0 Å². The second kappa shape index (κ2) is 6.70. The average molecular weight is 523 g/mol. The summed E-state index contributed by atoms with van der Waals surface area (Å²) in [4.78, 5) is 2.45. The van der Waals surface area contributed by atoms with Crippen molar-refractivity contribution in [1.29, 1.82) is 0 Å². The topological polar surface area (TPSA) is 57.9 Å². The predicted molar refractivity (Wildman–Crippen MR) is 133 cm³/mol. The van der Waals surface area contributed by atoms with E-state index in [1.54, 1.807) is 6.07 Å². The molecule has 2 fully saturated rings. The van der Waals surface area contributed by atoms with Crippen molar-refractivity contribution in [3.05, 3.63) is 57.8 Å². The number of likely N-dealkylation sites (tertiary alicyclic amines) is 1. The Morgan fingerprint density at radius 1 is 1.11 bits per heavy atom. The van der Waals surface area contributed by atoms with Crippen molar-refractivity contribution in [3.8, 4) is 11.5 Å². The summed E-state index contributed by atoms with van der Waals surface area (Å²) in [5, 5.41) is 24.5. The molecule has 9 rings (SSSR count). The van der Waals surface area contributed by atoms with Crippen molar-refractivity contribution >= 4 is 10.9 Å². The number of phenols is 1. The summed E-state index contributed by atoms with van der Waals surface area (Å²) in [5.41, 5.74) is 2.78. The van der Waals surface area contributed by atoms with Crippen molar-refractivity contribution in [2.75, 3.05) is 13.1 Å². The number of aromatic hydroxyl groups is 1. The lowest BCUT2D eigenvalue weighted by Crippen LogP contribution is -2.74. The summed E-state index contributed by atoms with van der Waals surface area (Å²) >= 11 is 0. The number of alkyl halides is 3. The number of halogens is 3. The van der Waals surface area contributed by atoms with E-state index in [0.29, 0.717) is 49.3 Å². The van der Waals surface area contributed by atoms with Crippen LogP contribution in [0.1, 0.15) is 65.3 Å². The van der Waals surface area contributed by atoms with E-state index in [-0.39, 0.29) is 11.8 Å². The van der Waals surface area contributed by atoms with Crippen LogP contribution in [0.25, 0.3) is 10.9 Å². The molecule has 0 radical (unpaired) electrons. The highest BCUT2D eigenvalue weighted by Crippen LogP contribution is 2.69. The Morgan fingerprint density at radius 3 is 2.74 bits per heavy atom. The number of aromatic nitrogens is 1. The van der Waals surface area contributed by atoms with Crippen molar-refractivity contribution in [2.24, 2.45) is 5.92 Å². The molecule has 0 amide bonds. The fraction of sp³-hybridized carbons (Fsp3) is 0.533. The molecule has 0 unspecified atom stereocenters. The Hall–Kier alpha value is -2.71. The van der Waals surface area contributed by atoms with Gasteiger partial charge in [-0.05, 0) is 85.9 Å². The maximum atomic E-state index is 14.0. The van der Waals surface area contributed by atoms with Gasteiger partial charge in [0.1, 0.15) is 0 Å². The molecule has 3 aliphatic carbocycles. The first-order chi connectivity index (χ1) is 18.2. The number of piperidine rings is 1. The number of aryl methyl sites for hydroxylation is 2. The van der Waals surface area contributed by atoms with E-state index in [2.05, 4.69) is 9.47 Å². The van der Waals surface area contributed by atoms with Gasteiger partial charge >= 0.3 is 6.18 Å². The minimum Gasteiger partial charge on any atom is -0.504 e. The molecule has 5 nitrogen and oxygen atoms in total. The first kappa shape index (κ1) is 22.1. The Morgan fingerprint density at radius 2 is 1.95 bits per heavy atom. The molecule has 38 heavy (non-hydrogen) atoms. The highest BCUT2D eigenvalue weighted by Gasteiger charge is 2.73. The number of hydrogen-bond acceptors (Lipinski definition) is 4. The summed E-state index contributed by atoms with van der Waals surface area (Å²) < 4.78 is 50.9. The molecule has 3 aliphatic heterocycles. The molecule has 4 heterocycles. The number of ether oxygens (including phenoxy) is 1. The van der Waals surface area contributed by atoms with Crippen LogP contribution in [-0.2, 0) is 37.4 Å². The smallest absolute Gasteiger partial charge is 0.416 e. The average Bonchev–Trinajstić information content (AvgIpc) is 3.54. The summed E-state index contributed by atoms with van der Waals surface area (Å²) in [7, 11) is 0. The molecular weight excluding hydrogens is 493 g/mol. The first-order valence-electron chi connectivity index (χ1n) is 13.9. The quantitative estimate of drug-likeness (QED) is 0.497. The van der Waals surface area contributed by atoms with E-state index < -0.39 is 28.9 Å². The van der Waals surface area contributed by atoms with Crippen LogP contribution < -0.4 is 4.74 Å². The zero-order valence-corrected chi connectivity index (χ0v) is 20.9. The molecule has 1 spiro atoms. The van der Waals surface area contributed by atoms with E-state index in [0.717, 1.165) is 53.0 Å². The second-order valence-electron chi connectivity index (χ2n) is 12.6. The molecule has 2 aromatic carbocycles. The van der Waals surface area contributed by atoms with Gasteiger partial charge in [0.15, 0.2) is 17.6 Å². The van der Waals surface area contributed by atoms with Gasteiger partial charge in [0.2, 0.25) is 0 Å². The van der Waals surface area contributed by atoms with Crippen LogP contribution in [0.5, 0.6) is 11.5 Å². The standard InChI is InChI=1S/C30H29F3N2O3/c31-30(32,33)18-10-17-2-1-8-35-24(17)19(12-18)20-13-29(37)22-11-16-5-6-21(36)26-23(16)28(29,27(38-26)25(20)35)7-9-34(22)14-15-3-4-15/h5-6,10,12,15,22,27,36-37H,1-4,7-9,11,13-14H2/t22-,27+,28+,29-/m1/s1. The lowest BCUT2D eigenvalue weighted by molar-refractivity contribution is -0.173. The Bertz CT molecular complexity index is 1570. The molecular formula is C30H29F3N2O3. The van der Waals surface area contributed by atoms with Crippen molar-refractivity contribution < 1.29 is 28.1 Å². The van der Waals surface area contributed by atoms with Gasteiger partial charge in [-0.2, -0.15) is 13.2 Å². The van der Waals surface area contributed by atoms with Crippen LogP contribution in [-0.4, -0.2) is 44.4 Å². The highest BCUT2D eigenvalue weighted by molar-refractivity contribution is 5.91. The van der Waals surface area contributed by atoms with Crippen molar-refractivity contribution in [2.45, 2.75) is 80.8 Å². The minimum absolute atomic E-state index is 0.0742. The van der Waals surface area contributed by atoms with Crippen molar-refractivity contribution in [3.63, 3.8) is 0 Å². The number of phenolic OH excluding ortho intramolecular Hbond substituents is 1. The minimum atomic E-state index is -4.44. The third kappa shape index (κ3) is 2.44. The maximum absolute atomic E-state index is 14.0. The van der Waals surface area contributed by atoms with Crippen molar-refractivity contribution in [1.82, 2.24) is 9.47 Å². The fourth-order valence-electron chi connectivity index (χ4n) is 9.09. The van der Waals surface area contributed by atoms with Crippen LogP contribution in [0, 0.1) is 5.92 Å². The number of rotatable bonds is 2. The van der Waals surface area contributed by atoms with Gasteiger partial charge in [0, 0.05) is 36.5 Å². The summed E-state index contributed by atoms with van der Waals surface area (Å²) in [6.45, 7) is 2.51. The summed E-state index contributed by atoms with van der Waals surface area (Å²) in [5.74, 6) is 1.19. The highest BCUT2D eigenvalue weighted by atomic mass is 19.4. The normalized spacial score (nSPS) is 32.7. The van der Waals surface area contributed by atoms with Gasteiger partial charge < -0.3 is 19.5 Å². The molecule has 1 aromatic heterocycles. The van der Waals surface area contributed by atoms with Crippen LogP contribution in [0.3, 0.4) is 0 Å². The first-order valence-corrected chi connectivity index (χ1v) is 13.9. The van der Waals surface area contributed by atoms with Crippen LogP contribution >= 0.6 is 0 Å². The lowest BCUT2D eigenvalue weighted by atomic mass is 9.49. The number of benzene rings is 2. The van der Waals surface area contributed by atoms with E-state index in [9.17, 15) is 23.4 Å². The van der Waals surface area contributed by atoms with E-state index in [1.807, 2.05) is 6.07 Å². The number of aliphatic hydroxyl groups is 1. The van der Waals surface area contributed by atoms with Gasteiger partial charge in [0.05, 0.1) is 27.8 Å². The molecule has 1 saturated carbocycles. The molecule has 1 saturated heterocycles. The monoisotopic (exact) mass is 522 g/mol. The van der Waals surface area contributed by atoms with E-state index >= 15 is 0 Å². The summed E-state index contributed by atoms with van der Waals surface area (Å²) in [6, 6.07) is 6.14. The second-order valence-corrected chi connectivity index (χ2v) is 12.6. The lowest BCUT2D eigenvalue weighted by Gasteiger charge is -2.63. The molecule has 198 valence electrons. The zero-order chi connectivity index (χ0) is 25.8. The van der Waals surface area contributed by atoms with E-state index in [4.69, 9.17) is 4.74 Å². The maximum Gasteiger partial charge on any atom is 0.416 e. The Kier molecular flexibility index (Phi) is 3.91. The third-order valence-electron chi connectivity index (χ3n) is 10.7. The number of nitrogens with zero attached hydrogens (tertiary/aromatic N) is 2. The van der Waals surface area contributed by atoms with Gasteiger partial charge in [-0.15, -0.1) is 0 Å². The SMILES string of the molecule is Oc1ccc2c3c1O[C@H]1c4c(c5cc(C(F)(F)F)cc6c5n4CCC6)C[C@@]4(O)[C@@H](C2)N(CC2CC2)CC[C@]314. The Balaban J connectivity index is 1.35. The third-order valence-corrected chi connectivity index (χ3v) is 10.7.